The van der Waals surface area contributed by atoms with Gasteiger partial charge < -0.3 is 15.4 Å². The van der Waals surface area contributed by atoms with E-state index in [0.29, 0.717) is 6.61 Å². The number of rotatable bonds is 7. The van der Waals surface area contributed by atoms with Crippen LogP contribution in [0.15, 0.2) is 29.3 Å². The van der Waals surface area contributed by atoms with Gasteiger partial charge in [0.1, 0.15) is 12.4 Å². The minimum Gasteiger partial charge on any atom is -0.377 e. The molecule has 2 N–H and O–H groups in total. The Kier molecular flexibility index (Phi) is 6.36. The summed E-state index contributed by atoms with van der Waals surface area (Å²) in [5, 5.41) is 12.6. The highest BCUT2D eigenvalue weighted by Crippen LogP contribution is 2.22. The van der Waals surface area contributed by atoms with E-state index >= 15 is 0 Å². The van der Waals surface area contributed by atoms with Crippen LogP contribution in [-0.2, 0) is 30.7 Å². The summed E-state index contributed by atoms with van der Waals surface area (Å²) in [5.74, 6) is 2.62. The second kappa shape index (κ2) is 9.32. The van der Waals surface area contributed by atoms with E-state index in [0.717, 1.165) is 61.9 Å². The van der Waals surface area contributed by atoms with E-state index in [2.05, 4.69) is 43.9 Å². The predicted molar refractivity (Wildman–Crippen MR) is 115 cm³/mol. The molecule has 3 aromatic rings. The second-order valence-electron chi connectivity index (χ2n) is 7.12. The SMILES string of the molecule is CN=C(NCCCc1nc2ccccc2s1)NC1CCc2nc(COC)nn2C1. The zero-order valence-corrected chi connectivity index (χ0v) is 17.7. The summed E-state index contributed by atoms with van der Waals surface area (Å²) in [4.78, 5) is 13.6. The Morgan fingerprint density at radius 2 is 2.24 bits per heavy atom. The number of nitrogens with one attached hydrogen (secondary N) is 2. The molecular weight excluding hydrogens is 386 g/mol. The molecule has 4 rings (SSSR count). The van der Waals surface area contributed by atoms with Gasteiger partial charge in [-0.3, -0.25) is 4.99 Å². The van der Waals surface area contributed by atoms with Gasteiger partial charge in [-0.2, -0.15) is 5.10 Å². The molecule has 1 aliphatic heterocycles. The van der Waals surface area contributed by atoms with E-state index in [1.807, 2.05) is 17.8 Å². The van der Waals surface area contributed by atoms with Crippen molar-refractivity contribution in [3.63, 3.8) is 0 Å². The van der Waals surface area contributed by atoms with Crippen molar-refractivity contribution in [1.82, 2.24) is 30.4 Å². The highest BCUT2D eigenvalue weighted by atomic mass is 32.1. The molecule has 0 fully saturated rings. The first-order chi connectivity index (χ1) is 14.2. The third kappa shape index (κ3) is 4.91. The molecule has 8 nitrogen and oxygen atoms in total. The van der Waals surface area contributed by atoms with Crippen molar-refractivity contribution >= 4 is 27.5 Å². The van der Waals surface area contributed by atoms with Crippen molar-refractivity contribution in [2.45, 2.75) is 44.9 Å². The molecule has 0 saturated heterocycles. The number of hydrogen-bond acceptors (Lipinski definition) is 6. The highest BCUT2D eigenvalue weighted by Gasteiger charge is 2.22. The van der Waals surface area contributed by atoms with Gasteiger partial charge in [0, 0.05) is 39.6 Å². The molecule has 0 spiro atoms. The van der Waals surface area contributed by atoms with Crippen LogP contribution in [0.4, 0.5) is 0 Å². The van der Waals surface area contributed by atoms with Gasteiger partial charge >= 0.3 is 0 Å². The lowest BCUT2D eigenvalue weighted by Crippen LogP contribution is -2.47. The largest absolute Gasteiger partial charge is 0.377 e. The van der Waals surface area contributed by atoms with Crippen molar-refractivity contribution in [2.75, 3.05) is 20.7 Å². The summed E-state index contributed by atoms with van der Waals surface area (Å²) in [6, 6.07) is 8.59. The number of guanidine groups is 1. The molecule has 154 valence electrons. The lowest BCUT2D eigenvalue weighted by molar-refractivity contribution is 0.177. The van der Waals surface area contributed by atoms with Crippen molar-refractivity contribution in [1.29, 1.82) is 0 Å². The first kappa shape index (κ1) is 19.8. The first-order valence-electron chi connectivity index (χ1n) is 9.98. The zero-order valence-electron chi connectivity index (χ0n) is 16.9. The molecule has 0 radical (unpaired) electrons. The minimum atomic E-state index is 0.287. The van der Waals surface area contributed by atoms with Crippen LogP contribution in [0.3, 0.4) is 0 Å². The van der Waals surface area contributed by atoms with Gasteiger partial charge in [0.25, 0.3) is 0 Å². The van der Waals surface area contributed by atoms with Crippen LogP contribution in [0.25, 0.3) is 10.2 Å². The molecule has 1 atom stereocenters. The summed E-state index contributed by atoms with van der Waals surface area (Å²) >= 11 is 1.78. The van der Waals surface area contributed by atoms with Crippen LogP contribution in [-0.4, -0.2) is 52.5 Å². The molecule has 3 heterocycles. The number of aromatic nitrogens is 4. The Hall–Kier alpha value is -2.52. The Balaban J connectivity index is 1.23. The van der Waals surface area contributed by atoms with E-state index < -0.39 is 0 Å². The molecule has 0 amide bonds. The van der Waals surface area contributed by atoms with Gasteiger partial charge in [-0.1, -0.05) is 12.1 Å². The molecule has 9 heteroatoms. The molecule has 0 bridgehead atoms. The van der Waals surface area contributed by atoms with Crippen LogP contribution in [0.1, 0.15) is 29.5 Å². The highest BCUT2D eigenvalue weighted by molar-refractivity contribution is 7.18. The van der Waals surface area contributed by atoms with Gasteiger partial charge in [0.2, 0.25) is 0 Å². The van der Waals surface area contributed by atoms with Gasteiger partial charge in [0.05, 0.1) is 21.8 Å². The number of methoxy groups -OCH3 is 1. The lowest BCUT2D eigenvalue weighted by Gasteiger charge is -2.25. The van der Waals surface area contributed by atoms with Crippen molar-refractivity contribution in [2.24, 2.45) is 4.99 Å². The summed E-state index contributed by atoms with van der Waals surface area (Å²) in [5.41, 5.74) is 1.09. The van der Waals surface area contributed by atoms with E-state index in [1.165, 1.54) is 9.71 Å². The molecular formula is C20H27N7OS. The fraction of sp³-hybridized carbons (Fsp3) is 0.500. The monoisotopic (exact) mass is 413 g/mol. The zero-order chi connectivity index (χ0) is 20.1. The fourth-order valence-corrected chi connectivity index (χ4v) is 4.54. The number of nitrogens with zero attached hydrogens (tertiary/aromatic N) is 5. The number of aryl methyl sites for hydroxylation is 2. The Morgan fingerprint density at radius 3 is 3.07 bits per heavy atom. The quantitative estimate of drug-likeness (QED) is 0.350. The molecule has 1 unspecified atom stereocenters. The summed E-state index contributed by atoms with van der Waals surface area (Å²) < 4.78 is 8.37. The Bertz CT molecular complexity index is 947. The normalized spacial score (nSPS) is 16.8. The number of aliphatic imine (C=N–C) groups is 1. The molecule has 0 aliphatic carbocycles. The predicted octanol–water partition coefficient (Wildman–Crippen LogP) is 2.15. The number of hydrogen-bond donors (Lipinski definition) is 2. The molecule has 1 aromatic carbocycles. The van der Waals surface area contributed by atoms with E-state index in [-0.39, 0.29) is 6.04 Å². The van der Waals surface area contributed by atoms with Crippen LogP contribution in [0.2, 0.25) is 0 Å². The van der Waals surface area contributed by atoms with E-state index in [1.54, 1.807) is 18.4 Å². The van der Waals surface area contributed by atoms with Crippen molar-refractivity contribution in [3.8, 4) is 0 Å². The average molecular weight is 414 g/mol. The van der Waals surface area contributed by atoms with Gasteiger partial charge in [-0.15, -0.1) is 11.3 Å². The second-order valence-corrected chi connectivity index (χ2v) is 8.23. The van der Waals surface area contributed by atoms with Crippen LogP contribution in [0.5, 0.6) is 0 Å². The van der Waals surface area contributed by atoms with E-state index in [4.69, 9.17) is 9.72 Å². The number of ether oxygens (including phenoxy) is 1. The average Bonchev–Trinajstić information content (AvgIpc) is 3.33. The van der Waals surface area contributed by atoms with Gasteiger partial charge in [0.15, 0.2) is 11.8 Å². The maximum absolute atomic E-state index is 5.13. The molecule has 0 saturated carbocycles. The Morgan fingerprint density at radius 1 is 1.34 bits per heavy atom. The smallest absolute Gasteiger partial charge is 0.191 e. The van der Waals surface area contributed by atoms with Crippen LogP contribution >= 0.6 is 11.3 Å². The summed E-state index contributed by atoms with van der Waals surface area (Å²) in [7, 11) is 3.47. The molecule has 29 heavy (non-hydrogen) atoms. The minimum absolute atomic E-state index is 0.287. The number of thiazole rings is 1. The maximum atomic E-state index is 5.13. The van der Waals surface area contributed by atoms with Crippen molar-refractivity contribution in [3.05, 3.63) is 40.9 Å². The molecule has 2 aromatic heterocycles. The van der Waals surface area contributed by atoms with E-state index in [9.17, 15) is 0 Å². The van der Waals surface area contributed by atoms with Gasteiger partial charge in [-0.25, -0.2) is 14.6 Å². The molecule has 1 aliphatic rings. The van der Waals surface area contributed by atoms with Gasteiger partial charge in [-0.05, 0) is 25.0 Å². The summed E-state index contributed by atoms with van der Waals surface area (Å²) in [6.07, 6.45) is 3.90. The number of benzene rings is 1. The third-order valence-electron chi connectivity index (χ3n) is 4.94. The van der Waals surface area contributed by atoms with Crippen LogP contribution < -0.4 is 10.6 Å². The number of fused-ring (bicyclic) bond motifs is 2. The first-order valence-corrected chi connectivity index (χ1v) is 10.8. The van der Waals surface area contributed by atoms with Crippen LogP contribution in [0, 0.1) is 0 Å². The third-order valence-corrected chi connectivity index (χ3v) is 6.03. The summed E-state index contributed by atoms with van der Waals surface area (Å²) in [6.45, 7) is 2.10. The number of para-hydroxylation sites is 1. The van der Waals surface area contributed by atoms with Crippen molar-refractivity contribution < 1.29 is 4.74 Å². The Labute approximate surface area is 174 Å². The standard InChI is InChI=1S/C20H27N7OS/c1-21-20(22-11-5-8-19-24-15-6-3-4-7-16(15)29-19)23-14-9-10-18-25-17(13-28-2)26-27(18)12-14/h3-4,6-7,14H,5,8-13H2,1-2H3,(H2,21,22,23). The topological polar surface area (TPSA) is 89.2 Å². The lowest BCUT2D eigenvalue weighted by atomic mass is 10.1. The maximum Gasteiger partial charge on any atom is 0.191 e. The fourth-order valence-electron chi connectivity index (χ4n) is 3.53.